The van der Waals surface area contributed by atoms with Crippen molar-refractivity contribution in [2.45, 2.75) is 13.8 Å². The summed E-state index contributed by atoms with van der Waals surface area (Å²) in [5, 5.41) is 4.08. The minimum atomic E-state index is -0.417. The molecule has 4 aromatic rings. The predicted octanol–water partition coefficient (Wildman–Crippen LogP) is 5.76. The highest BCUT2D eigenvalue weighted by atomic mass is 127. The average molecular weight is 607 g/mol. The quantitative estimate of drug-likeness (QED) is 0.114. The molecule has 0 unspecified atom stereocenters. The highest BCUT2D eigenvalue weighted by Crippen LogP contribution is 2.26. The number of amides is 1. The molecule has 188 valence electrons. The molecule has 0 fully saturated rings. The molecule has 8 heteroatoms. The third-order valence-electron chi connectivity index (χ3n) is 5.52. The number of nitrogens with one attached hydrogen (secondary N) is 1. The number of hydrogen-bond acceptors (Lipinski definition) is 5. The fourth-order valence-electron chi connectivity index (χ4n) is 3.76. The van der Waals surface area contributed by atoms with E-state index in [1.807, 2.05) is 36.4 Å². The van der Waals surface area contributed by atoms with Gasteiger partial charge in [0.15, 0.2) is 6.61 Å². The fourth-order valence-corrected chi connectivity index (χ4v) is 4.46. The highest BCUT2D eigenvalue weighted by Gasteiger charge is 2.11. The number of hydrazone groups is 1. The first kappa shape index (κ1) is 26.2. The minimum Gasteiger partial charge on any atom is -0.481 e. The third-order valence-corrected chi connectivity index (χ3v) is 6.36. The van der Waals surface area contributed by atoms with E-state index in [9.17, 15) is 9.59 Å². The lowest BCUT2D eigenvalue weighted by molar-refractivity contribution is -0.145. The number of aromatic nitrogens is 1. The van der Waals surface area contributed by atoms with Gasteiger partial charge >= 0.3 is 5.97 Å². The Hall–Kier alpha value is -3.92. The van der Waals surface area contributed by atoms with Crippen molar-refractivity contribution in [1.82, 2.24) is 9.99 Å². The van der Waals surface area contributed by atoms with Gasteiger partial charge in [-0.1, -0.05) is 30.3 Å². The van der Waals surface area contributed by atoms with Crippen molar-refractivity contribution < 1.29 is 19.1 Å². The number of benzene rings is 3. The van der Waals surface area contributed by atoms with Gasteiger partial charge in [-0.05, 0) is 102 Å². The second kappa shape index (κ2) is 12.4. The standard InChI is InChI=1S/C29H26IN3O4/c1-3-36-28(34)19-37-27-16-10-21(17-25(27)30)18-31-32-29(35)23-11-13-24(14-12-23)33-20(2)9-15-26(33)22-7-5-4-6-8-22/h4-18H,3,19H2,1-2H3,(H,32,35)/b31-18+. The molecule has 0 atom stereocenters. The van der Waals surface area contributed by atoms with Crippen molar-refractivity contribution in [1.29, 1.82) is 0 Å². The van der Waals surface area contributed by atoms with E-state index in [4.69, 9.17) is 9.47 Å². The minimum absolute atomic E-state index is 0.149. The van der Waals surface area contributed by atoms with E-state index in [0.717, 1.165) is 31.8 Å². The van der Waals surface area contributed by atoms with E-state index in [1.54, 1.807) is 37.4 Å². The maximum Gasteiger partial charge on any atom is 0.344 e. The zero-order chi connectivity index (χ0) is 26.2. The van der Waals surface area contributed by atoms with Crippen LogP contribution in [0, 0.1) is 10.5 Å². The van der Waals surface area contributed by atoms with Gasteiger partial charge in [0.1, 0.15) is 5.75 Å². The molecule has 0 spiro atoms. The van der Waals surface area contributed by atoms with Gasteiger partial charge in [0.25, 0.3) is 5.91 Å². The molecule has 0 aliphatic heterocycles. The molecule has 0 saturated carbocycles. The maximum absolute atomic E-state index is 12.6. The van der Waals surface area contributed by atoms with Gasteiger partial charge in [-0.15, -0.1) is 0 Å². The number of carbonyl (C=O) groups excluding carboxylic acids is 2. The van der Waals surface area contributed by atoms with E-state index < -0.39 is 5.97 Å². The monoisotopic (exact) mass is 607 g/mol. The van der Waals surface area contributed by atoms with Gasteiger partial charge in [-0.2, -0.15) is 5.10 Å². The van der Waals surface area contributed by atoms with Gasteiger partial charge in [-0.3, -0.25) is 4.79 Å². The van der Waals surface area contributed by atoms with Crippen LogP contribution in [0.2, 0.25) is 0 Å². The summed E-state index contributed by atoms with van der Waals surface area (Å²) in [6, 6.07) is 27.2. The van der Waals surface area contributed by atoms with Gasteiger partial charge in [0.2, 0.25) is 0 Å². The molecule has 4 rings (SSSR count). The smallest absolute Gasteiger partial charge is 0.344 e. The average Bonchev–Trinajstić information content (AvgIpc) is 3.30. The van der Waals surface area contributed by atoms with Gasteiger partial charge in [0.05, 0.1) is 22.1 Å². The summed E-state index contributed by atoms with van der Waals surface area (Å²) in [5.74, 6) is -0.150. The molecule has 1 heterocycles. The zero-order valence-corrected chi connectivity index (χ0v) is 22.6. The van der Waals surface area contributed by atoms with E-state index in [-0.39, 0.29) is 12.5 Å². The van der Waals surface area contributed by atoms with Crippen molar-refractivity contribution in [2.75, 3.05) is 13.2 Å². The van der Waals surface area contributed by atoms with E-state index in [1.165, 1.54) is 0 Å². The van der Waals surface area contributed by atoms with Crippen molar-refractivity contribution in [3.05, 3.63) is 105 Å². The summed E-state index contributed by atoms with van der Waals surface area (Å²) in [6.07, 6.45) is 1.55. The van der Waals surface area contributed by atoms with Crippen LogP contribution in [0.15, 0.2) is 90.0 Å². The van der Waals surface area contributed by atoms with Crippen LogP contribution in [-0.2, 0) is 9.53 Å². The molecular formula is C29H26IN3O4. The Morgan fingerprint density at radius 3 is 2.46 bits per heavy atom. The summed E-state index contributed by atoms with van der Waals surface area (Å²) in [5.41, 5.74) is 8.14. The highest BCUT2D eigenvalue weighted by molar-refractivity contribution is 14.1. The lowest BCUT2D eigenvalue weighted by Gasteiger charge is -2.12. The summed E-state index contributed by atoms with van der Waals surface area (Å²) >= 11 is 2.12. The van der Waals surface area contributed by atoms with Crippen LogP contribution in [0.4, 0.5) is 0 Å². The van der Waals surface area contributed by atoms with Crippen LogP contribution in [-0.4, -0.2) is 35.9 Å². The van der Waals surface area contributed by atoms with Crippen LogP contribution in [0.1, 0.15) is 28.5 Å². The Morgan fingerprint density at radius 2 is 1.76 bits per heavy atom. The second-order valence-corrected chi connectivity index (χ2v) is 9.25. The maximum atomic E-state index is 12.6. The van der Waals surface area contributed by atoms with Crippen LogP contribution < -0.4 is 10.2 Å². The first-order valence-electron chi connectivity index (χ1n) is 11.7. The lowest BCUT2D eigenvalue weighted by atomic mass is 10.1. The molecule has 3 aromatic carbocycles. The normalized spacial score (nSPS) is 10.9. The molecule has 7 nitrogen and oxygen atoms in total. The molecule has 1 aromatic heterocycles. The Morgan fingerprint density at radius 1 is 1.00 bits per heavy atom. The molecule has 0 aliphatic carbocycles. The zero-order valence-electron chi connectivity index (χ0n) is 20.5. The molecule has 37 heavy (non-hydrogen) atoms. The number of carbonyl (C=O) groups is 2. The Bertz CT molecular complexity index is 1410. The number of halogens is 1. The lowest BCUT2D eigenvalue weighted by Crippen LogP contribution is -2.17. The van der Waals surface area contributed by atoms with E-state index in [0.29, 0.717) is 17.9 Å². The Labute approximate surface area is 229 Å². The largest absolute Gasteiger partial charge is 0.481 e. The van der Waals surface area contributed by atoms with E-state index >= 15 is 0 Å². The molecular weight excluding hydrogens is 581 g/mol. The van der Waals surface area contributed by atoms with Gasteiger partial charge < -0.3 is 14.0 Å². The molecule has 0 saturated heterocycles. The molecule has 1 amide bonds. The fraction of sp³-hybridized carbons (Fsp3) is 0.138. The SMILES string of the molecule is CCOC(=O)COc1ccc(/C=N/NC(=O)c2ccc(-n3c(C)ccc3-c3ccccc3)cc2)cc1I. The molecule has 0 bridgehead atoms. The Balaban J connectivity index is 1.39. The number of ether oxygens (including phenoxy) is 2. The predicted molar refractivity (Wildman–Crippen MR) is 152 cm³/mol. The molecule has 0 radical (unpaired) electrons. The number of esters is 1. The third kappa shape index (κ3) is 6.65. The van der Waals surface area contributed by atoms with Crippen molar-refractivity contribution >= 4 is 40.7 Å². The van der Waals surface area contributed by atoms with Crippen molar-refractivity contribution in [3.8, 4) is 22.7 Å². The second-order valence-electron chi connectivity index (χ2n) is 8.09. The number of nitrogens with zero attached hydrogens (tertiary/aromatic N) is 2. The van der Waals surface area contributed by atoms with Crippen LogP contribution >= 0.6 is 22.6 Å². The number of hydrogen-bond donors (Lipinski definition) is 1. The summed E-state index contributed by atoms with van der Waals surface area (Å²) < 4.78 is 13.3. The number of aryl methyl sites for hydroxylation is 1. The van der Waals surface area contributed by atoms with Crippen molar-refractivity contribution in [2.24, 2.45) is 5.10 Å². The molecule has 1 N–H and O–H groups in total. The van der Waals surface area contributed by atoms with Gasteiger partial charge in [-0.25, -0.2) is 10.2 Å². The summed E-state index contributed by atoms with van der Waals surface area (Å²) in [6.45, 7) is 3.97. The first-order chi connectivity index (χ1) is 18.0. The van der Waals surface area contributed by atoms with Crippen LogP contribution in [0.25, 0.3) is 16.9 Å². The van der Waals surface area contributed by atoms with Crippen LogP contribution in [0.5, 0.6) is 5.75 Å². The number of rotatable bonds is 9. The van der Waals surface area contributed by atoms with Crippen molar-refractivity contribution in [3.63, 3.8) is 0 Å². The van der Waals surface area contributed by atoms with Gasteiger partial charge in [0, 0.05) is 16.9 Å². The Kier molecular flexibility index (Phi) is 8.73. The van der Waals surface area contributed by atoms with Crippen LogP contribution in [0.3, 0.4) is 0 Å². The topological polar surface area (TPSA) is 81.9 Å². The molecule has 0 aliphatic rings. The summed E-state index contributed by atoms with van der Waals surface area (Å²) in [7, 11) is 0. The first-order valence-corrected chi connectivity index (χ1v) is 12.8. The van der Waals surface area contributed by atoms with E-state index in [2.05, 4.69) is 68.9 Å². The summed E-state index contributed by atoms with van der Waals surface area (Å²) in [4.78, 5) is 24.1.